The van der Waals surface area contributed by atoms with Crippen LogP contribution in [0.3, 0.4) is 0 Å². The first-order valence-electron chi connectivity index (χ1n) is 4.16. The van der Waals surface area contributed by atoms with Crippen LogP contribution in [0, 0.1) is 5.92 Å². The van der Waals surface area contributed by atoms with Gasteiger partial charge in [-0.25, -0.2) is 9.18 Å². The van der Waals surface area contributed by atoms with Gasteiger partial charge in [0.15, 0.2) is 6.17 Å². The standard InChI is InChI=1S/C8H14FNO2.ClH/c1-10-4-2-6(3-5-10)7(9)8(11)12;/h6-7H,2-5H2,1H3,(H,11,12);1H. The summed E-state index contributed by atoms with van der Waals surface area (Å²) in [6.07, 6.45) is -0.354. The molecule has 3 nitrogen and oxygen atoms in total. The Morgan fingerprint density at radius 1 is 1.54 bits per heavy atom. The molecule has 13 heavy (non-hydrogen) atoms. The first-order valence-corrected chi connectivity index (χ1v) is 4.16. The van der Waals surface area contributed by atoms with E-state index in [0.29, 0.717) is 12.8 Å². The summed E-state index contributed by atoms with van der Waals surface area (Å²) in [4.78, 5) is 12.4. The Labute approximate surface area is 83.3 Å². The van der Waals surface area contributed by atoms with Gasteiger partial charge in [-0.2, -0.15) is 0 Å². The highest BCUT2D eigenvalue weighted by molar-refractivity contribution is 5.85. The number of hydrogen-bond acceptors (Lipinski definition) is 2. The fourth-order valence-corrected chi connectivity index (χ4v) is 1.52. The van der Waals surface area contributed by atoms with Gasteiger partial charge in [-0.1, -0.05) is 0 Å². The molecule has 1 unspecified atom stereocenters. The molecule has 0 amide bonds. The van der Waals surface area contributed by atoms with Crippen molar-refractivity contribution in [1.29, 1.82) is 0 Å². The summed E-state index contributed by atoms with van der Waals surface area (Å²) in [6, 6.07) is 0. The molecule has 0 radical (unpaired) electrons. The van der Waals surface area contributed by atoms with E-state index in [4.69, 9.17) is 5.11 Å². The summed E-state index contributed by atoms with van der Waals surface area (Å²) in [6.45, 7) is 1.61. The van der Waals surface area contributed by atoms with E-state index in [-0.39, 0.29) is 18.3 Å². The molecule has 1 N–H and O–H groups in total. The van der Waals surface area contributed by atoms with Gasteiger partial charge in [0.1, 0.15) is 0 Å². The Balaban J connectivity index is 0.00000144. The monoisotopic (exact) mass is 211 g/mol. The number of likely N-dealkylation sites (tertiary alicyclic amines) is 1. The minimum atomic E-state index is -1.67. The van der Waals surface area contributed by atoms with Crippen LogP contribution in [0.5, 0.6) is 0 Å². The van der Waals surface area contributed by atoms with Crippen molar-refractivity contribution in [2.75, 3.05) is 20.1 Å². The predicted molar refractivity (Wildman–Crippen MR) is 50.0 cm³/mol. The van der Waals surface area contributed by atoms with Crippen molar-refractivity contribution in [3.63, 3.8) is 0 Å². The highest BCUT2D eigenvalue weighted by atomic mass is 35.5. The van der Waals surface area contributed by atoms with Crippen LogP contribution in [-0.2, 0) is 4.79 Å². The van der Waals surface area contributed by atoms with E-state index < -0.39 is 12.1 Å². The van der Waals surface area contributed by atoms with Crippen molar-refractivity contribution in [3.05, 3.63) is 0 Å². The second kappa shape index (κ2) is 5.40. The van der Waals surface area contributed by atoms with E-state index in [1.165, 1.54) is 0 Å². The number of carboxylic acids is 1. The molecule has 1 atom stereocenters. The van der Waals surface area contributed by atoms with Gasteiger partial charge in [-0.15, -0.1) is 12.4 Å². The van der Waals surface area contributed by atoms with E-state index in [9.17, 15) is 9.18 Å². The Kier molecular flexibility index (Phi) is 5.25. The van der Waals surface area contributed by atoms with Crippen LogP contribution in [0.4, 0.5) is 4.39 Å². The van der Waals surface area contributed by atoms with Crippen molar-refractivity contribution in [1.82, 2.24) is 4.90 Å². The van der Waals surface area contributed by atoms with E-state index in [1.54, 1.807) is 0 Å². The maximum absolute atomic E-state index is 12.9. The highest BCUT2D eigenvalue weighted by Crippen LogP contribution is 2.21. The van der Waals surface area contributed by atoms with Gasteiger partial charge >= 0.3 is 5.97 Å². The molecule has 1 rings (SSSR count). The minimum Gasteiger partial charge on any atom is -0.479 e. The maximum atomic E-state index is 12.9. The van der Waals surface area contributed by atoms with E-state index in [1.807, 2.05) is 7.05 Å². The van der Waals surface area contributed by atoms with Crippen molar-refractivity contribution in [2.24, 2.45) is 5.92 Å². The topological polar surface area (TPSA) is 40.5 Å². The molecule has 0 aromatic carbocycles. The molecule has 1 aliphatic heterocycles. The Morgan fingerprint density at radius 2 is 2.00 bits per heavy atom. The first-order chi connectivity index (χ1) is 5.61. The largest absolute Gasteiger partial charge is 0.479 e. The molecule has 1 fully saturated rings. The lowest BCUT2D eigenvalue weighted by Gasteiger charge is -2.29. The average molecular weight is 212 g/mol. The number of halogens is 2. The maximum Gasteiger partial charge on any atom is 0.338 e. The zero-order valence-corrected chi connectivity index (χ0v) is 8.39. The summed E-state index contributed by atoms with van der Waals surface area (Å²) < 4.78 is 12.9. The summed E-state index contributed by atoms with van der Waals surface area (Å²) in [5, 5.41) is 8.41. The molecule has 0 saturated carbocycles. The Morgan fingerprint density at radius 3 is 2.38 bits per heavy atom. The van der Waals surface area contributed by atoms with E-state index in [0.717, 1.165) is 13.1 Å². The first kappa shape index (κ1) is 12.7. The zero-order valence-electron chi connectivity index (χ0n) is 7.57. The third-order valence-corrected chi connectivity index (χ3v) is 2.41. The van der Waals surface area contributed by atoms with Crippen LogP contribution >= 0.6 is 12.4 Å². The van der Waals surface area contributed by atoms with Crippen LogP contribution in [0.1, 0.15) is 12.8 Å². The molecule has 0 aromatic heterocycles. The van der Waals surface area contributed by atoms with E-state index >= 15 is 0 Å². The van der Waals surface area contributed by atoms with Crippen molar-refractivity contribution < 1.29 is 14.3 Å². The van der Waals surface area contributed by atoms with Crippen LogP contribution in [-0.4, -0.2) is 42.3 Å². The zero-order chi connectivity index (χ0) is 9.14. The number of nitrogens with zero attached hydrogens (tertiary/aromatic N) is 1. The van der Waals surface area contributed by atoms with E-state index in [2.05, 4.69) is 4.90 Å². The fraction of sp³-hybridized carbons (Fsp3) is 0.875. The fourth-order valence-electron chi connectivity index (χ4n) is 1.52. The molecule has 0 aromatic rings. The van der Waals surface area contributed by atoms with Gasteiger partial charge in [0.2, 0.25) is 0 Å². The summed E-state index contributed by atoms with van der Waals surface area (Å²) in [5.74, 6) is -1.59. The molecular weight excluding hydrogens is 197 g/mol. The minimum absolute atomic E-state index is 0. The lowest BCUT2D eigenvalue weighted by Crippen LogP contribution is -2.36. The highest BCUT2D eigenvalue weighted by Gasteiger charge is 2.29. The number of aliphatic carboxylic acids is 1. The smallest absolute Gasteiger partial charge is 0.338 e. The molecule has 0 spiro atoms. The second-order valence-electron chi connectivity index (χ2n) is 3.38. The van der Waals surface area contributed by atoms with Gasteiger partial charge in [-0.3, -0.25) is 0 Å². The summed E-state index contributed by atoms with van der Waals surface area (Å²) in [7, 11) is 1.96. The molecule has 1 aliphatic rings. The molecule has 5 heteroatoms. The number of alkyl halides is 1. The quantitative estimate of drug-likeness (QED) is 0.746. The van der Waals surface area contributed by atoms with Crippen LogP contribution in [0.15, 0.2) is 0 Å². The predicted octanol–water partition coefficient (Wildman–Crippen LogP) is 1.17. The summed E-state index contributed by atoms with van der Waals surface area (Å²) in [5.41, 5.74) is 0. The molecule has 78 valence electrons. The third-order valence-electron chi connectivity index (χ3n) is 2.41. The van der Waals surface area contributed by atoms with Crippen LogP contribution < -0.4 is 0 Å². The molecule has 1 saturated heterocycles. The van der Waals surface area contributed by atoms with Crippen LogP contribution in [0.2, 0.25) is 0 Å². The van der Waals surface area contributed by atoms with Gasteiger partial charge < -0.3 is 10.0 Å². The Hall–Kier alpha value is -0.350. The van der Waals surface area contributed by atoms with Gasteiger partial charge in [0.05, 0.1) is 0 Å². The number of carboxylic acid groups (broad SMARTS) is 1. The lowest BCUT2D eigenvalue weighted by molar-refractivity contribution is -0.145. The SMILES string of the molecule is CN1CCC(C(F)C(=O)O)CC1.Cl. The second-order valence-corrected chi connectivity index (χ2v) is 3.38. The average Bonchev–Trinajstić information content (AvgIpc) is 2.04. The molecule has 0 bridgehead atoms. The number of carbonyl (C=O) groups is 1. The normalized spacial score (nSPS) is 22.0. The van der Waals surface area contributed by atoms with Gasteiger partial charge in [0, 0.05) is 5.92 Å². The number of hydrogen-bond donors (Lipinski definition) is 1. The number of rotatable bonds is 2. The van der Waals surface area contributed by atoms with Crippen LogP contribution in [0.25, 0.3) is 0 Å². The molecular formula is C8H15ClFNO2. The van der Waals surface area contributed by atoms with Crippen molar-refractivity contribution in [2.45, 2.75) is 19.0 Å². The lowest BCUT2D eigenvalue weighted by atomic mass is 9.92. The van der Waals surface area contributed by atoms with Gasteiger partial charge in [-0.05, 0) is 33.0 Å². The molecule has 1 heterocycles. The third kappa shape index (κ3) is 3.48. The van der Waals surface area contributed by atoms with Crippen molar-refractivity contribution >= 4 is 18.4 Å². The Bertz CT molecular complexity index is 172. The summed E-state index contributed by atoms with van der Waals surface area (Å²) >= 11 is 0. The number of piperidine rings is 1. The molecule has 0 aliphatic carbocycles. The van der Waals surface area contributed by atoms with Crippen molar-refractivity contribution in [3.8, 4) is 0 Å². The van der Waals surface area contributed by atoms with Gasteiger partial charge in [0.25, 0.3) is 0 Å².